The van der Waals surface area contributed by atoms with Crippen LogP contribution in [0.4, 0.5) is 4.39 Å². The van der Waals surface area contributed by atoms with Crippen molar-refractivity contribution in [1.82, 2.24) is 5.32 Å². The third-order valence-electron chi connectivity index (χ3n) is 1.72. The Morgan fingerprint density at radius 2 is 2.45 bits per heavy atom. The summed E-state index contributed by atoms with van der Waals surface area (Å²) >= 11 is 0. The van der Waals surface area contributed by atoms with Gasteiger partial charge in [0, 0.05) is 13.7 Å². The SMILES string of the molecule is COCCN[C@@H]1COC[C@H]1F. The Bertz CT molecular complexity index is 113. The van der Waals surface area contributed by atoms with E-state index in [-0.39, 0.29) is 12.6 Å². The molecule has 1 heterocycles. The molecule has 0 aliphatic carbocycles. The zero-order chi connectivity index (χ0) is 8.10. The number of rotatable bonds is 4. The molecule has 0 aromatic heterocycles. The van der Waals surface area contributed by atoms with Crippen LogP contribution in [0.3, 0.4) is 0 Å². The molecule has 11 heavy (non-hydrogen) atoms. The Balaban J connectivity index is 2.05. The summed E-state index contributed by atoms with van der Waals surface area (Å²) in [4.78, 5) is 0. The predicted molar refractivity (Wildman–Crippen MR) is 39.4 cm³/mol. The van der Waals surface area contributed by atoms with Crippen LogP contribution in [0.1, 0.15) is 0 Å². The minimum absolute atomic E-state index is 0.134. The van der Waals surface area contributed by atoms with E-state index < -0.39 is 6.17 Å². The number of methoxy groups -OCH3 is 1. The van der Waals surface area contributed by atoms with Gasteiger partial charge in [0.1, 0.15) is 6.17 Å². The number of hydrogen-bond acceptors (Lipinski definition) is 3. The van der Waals surface area contributed by atoms with Gasteiger partial charge in [0.15, 0.2) is 0 Å². The molecule has 0 bridgehead atoms. The van der Waals surface area contributed by atoms with Gasteiger partial charge in [-0.1, -0.05) is 0 Å². The van der Waals surface area contributed by atoms with Gasteiger partial charge in [0.25, 0.3) is 0 Å². The molecule has 1 fully saturated rings. The Labute approximate surface area is 65.9 Å². The highest BCUT2D eigenvalue weighted by Gasteiger charge is 2.26. The van der Waals surface area contributed by atoms with E-state index >= 15 is 0 Å². The lowest BCUT2D eigenvalue weighted by atomic mass is 10.2. The smallest absolute Gasteiger partial charge is 0.141 e. The molecule has 0 unspecified atom stereocenters. The van der Waals surface area contributed by atoms with Crippen molar-refractivity contribution in [3.63, 3.8) is 0 Å². The molecule has 4 heteroatoms. The fourth-order valence-corrected chi connectivity index (χ4v) is 1.06. The second kappa shape index (κ2) is 4.64. The highest BCUT2D eigenvalue weighted by molar-refractivity contribution is 4.80. The van der Waals surface area contributed by atoms with Crippen LogP contribution in [0, 0.1) is 0 Å². The molecule has 1 aliphatic heterocycles. The Hall–Kier alpha value is -0.190. The largest absolute Gasteiger partial charge is 0.383 e. The quantitative estimate of drug-likeness (QED) is 0.590. The Kier molecular flexibility index (Phi) is 3.76. The highest BCUT2D eigenvalue weighted by Crippen LogP contribution is 2.08. The fourth-order valence-electron chi connectivity index (χ4n) is 1.06. The first kappa shape index (κ1) is 8.90. The summed E-state index contributed by atoms with van der Waals surface area (Å²) < 4.78 is 22.5. The summed E-state index contributed by atoms with van der Waals surface area (Å²) in [6.07, 6.45) is -0.855. The van der Waals surface area contributed by atoms with Crippen molar-refractivity contribution in [1.29, 1.82) is 0 Å². The first-order chi connectivity index (χ1) is 5.34. The van der Waals surface area contributed by atoms with Crippen LogP contribution < -0.4 is 5.32 Å². The van der Waals surface area contributed by atoms with Gasteiger partial charge in [-0.15, -0.1) is 0 Å². The van der Waals surface area contributed by atoms with E-state index in [0.29, 0.717) is 19.8 Å². The van der Waals surface area contributed by atoms with E-state index in [1.54, 1.807) is 7.11 Å². The standard InChI is InChI=1S/C7H14FNO2/c1-10-3-2-9-7-5-11-4-6(7)8/h6-7,9H,2-5H2,1H3/t6-,7-/m1/s1. The Morgan fingerprint density at radius 3 is 3.00 bits per heavy atom. The molecule has 3 nitrogen and oxygen atoms in total. The van der Waals surface area contributed by atoms with Crippen LogP contribution in [-0.2, 0) is 9.47 Å². The van der Waals surface area contributed by atoms with Crippen LogP contribution in [0.25, 0.3) is 0 Å². The minimum atomic E-state index is -0.855. The molecule has 1 aliphatic rings. The number of halogens is 1. The minimum Gasteiger partial charge on any atom is -0.383 e. The van der Waals surface area contributed by atoms with Crippen molar-refractivity contribution in [2.75, 3.05) is 33.5 Å². The van der Waals surface area contributed by atoms with Gasteiger partial charge >= 0.3 is 0 Å². The van der Waals surface area contributed by atoms with Gasteiger partial charge < -0.3 is 14.8 Å². The van der Waals surface area contributed by atoms with Crippen LogP contribution >= 0.6 is 0 Å². The summed E-state index contributed by atoms with van der Waals surface area (Å²) in [5.74, 6) is 0. The van der Waals surface area contributed by atoms with E-state index in [4.69, 9.17) is 9.47 Å². The molecule has 0 radical (unpaired) electrons. The molecule has 0 aromatic rings. The molecule has 2 atom stereocenters. The fraction of sp³-hybridized carbons (Fsp3) is 1.00. The maximum absolute atomic E-state index is 12.8. The topological polar surface area (TPSA) is 30.5 Å². The molecular formula is C7H14FNO2. The first-order valence-corrected chi connectivity index (χ1v) is 3.78. The summed E-state index contributed by atoms with van der Waals surface area (Å²) in [6, 6.07) is -0.134. The first-order valence-electron chi connectivity index (χ1n) is 3.78. The average molecular weight is 163 g/mol. The normalized spacial score (nSPS) is 31.1. The third-order valence-corrected chi connectivity index (χ3v) is 1.72. The molecule has 0 amide bonds. The van der Waals surface area contributed by atoms with Gasteiger partial charge in [0.05, 0.1) is 25.9 Å². The molecule has 1 N–H and O–H groups in total. The van der Waals surface area contributed by atoms with Crippen LogP contribution in [0.5, 0.6) is 0 Å². The molecule has 0 saturated carbocycles. The van der Waals surface area contributed by atoms with Gasteiger partial charge in [-0.25, -0.2) is 4.39 Å². The number of nitrogens with one attached hydrogen (secondary N) is 1. The van der Waals surface area contributed by atoms with Gasteiger partial charge in [-0.3, -0.25) is 0 Å². The molecular weight excluding hydrogens is 149 g/mol. The van der Waals surface area contributed by atoms with Crippen LogP contribution in [-0.4, -0.2) is 45.7 Å². The van der Waals surface area contributed by atoms with Crippen molar-refractivity contribution in [3.8, 4) is 0 Å². The predicted octanol–water partition coefficient (Wildman–Crippen LogP) is -0.0407. The van der Waals surface area contributed by atoms with Gasteiger partial charge in [-0.2, -0.15) is 0 Å². The maximum Gasteiger partial charge on any atom is 0.141 e. The summed E-state index contributed by atoms with van der Waals surface area (Å²) in [6.45, 7) is 2.00. The number of ether oxygens (including phenoxy) is 2. The highest BCUT2D eigenvalue weighted by atomic mass is 19.1. The van der Waals surface area contributed by atoms with E-state index in [2.05, 4.69) is 5.32 Å². The van der Waals surface area contributed by atoms with Crippen molar-refractivity contribution < 1.29 is 13.9 Å². The Morgan fingerprint density at radius 1 is 1.64 bits per heavy atom. The summed E-state index contributed by atoms with van der Waals surface area (Å²) in [5, 5.41) is 3.01. The second-order valence-corrected chi connectivity index (χ2v) is 2.61. The third kappa shape index (κ3) is 2.73. The zero-order valence-corrected chi connectivity index (χ0v) is 6.68. The van der Waals surface area contributed by atoms with E-state index in [9.17, 15) is 4.39 Å². The lowest BCUT2D eigenvalue weighted by molar-refractivity contribution is 0.171. The summed E-state index contributed by atoms with van der Waals surface area (Å²) in [7, 11) is 1.62. The molecule has 0 aromatic carbocycles. The molecule has 0 spiro atoms. The van der Waals surface area contributed by atoms with Gasteiger partial charge in [-0.05, 0) is 0 Å². The summed E-state index contributed by atoms with van der Waals surface area (Å²) in [5.41, 5.74) is 0. The van der Waals surface area contributed by atoms with E-state index in [0.717, 1.165) is 0 Å². The molecule has 66 valence electrons. The maximum atomic E-state index is 12.8. The number of hydrogen-bond donors (Lipinski definition) is 1. The van der Waals surface area contributed by atoms with Crippen molar-refractivity contribution in [2.24, 2.45) is 0 Å². The molecule has 1 saturated heterocycles. The lowest BCUT2D eigenvalue weighted by Crippen LogP contribution is -2.38. The van der Waals surface area contributed by atoms with Crippen molar-refractivity contribution in [2.45, 2.75) is 12.2 Å². The van der Waals surface area contributed by atoms with Crippen molar-refractivity contribution >= 4 is 0 Å². The molecule has 1 rings (SSSR count). The lowest BCUT2D eigenvalue weighted by Gasteiger charge is -2.11. The zero-order valence-electron chi connectivity index (χ0n) is 6.68. The van der Waals surface area contributed by atoms with E-state index in [1.807, 2.05) is 0 Å². The monoisotopic (exact) mass is 163 g/mol. The van der Waals surface area contributed by atoms with Gasteiger partial charge in [0.2, 0.25) is 0 Å². The average Bonchev–Trinajstić information content (AvgIpc) is 2.37. The van der Waals surface area contributed by atoms with Crippen LogP contribution in [0.15, 0.2) is 0 Å². The van der Waals surface area contributed by atoms with Crippen LogP contribution in [0.2, 0.25) is 0 Å². The van der Waals surface area contributed by atoms with E-state index in [1.165, 1.54) is 0 Å². The number of alkyl halides is 1. The van der Waals surface area contributed by atoms with Crippen molar-refractivity contribution in [3.05, 3.63) is 0 Å². The second-order valence-electron chi connectivity index (χ2n) is 2.61.